The Bertz CT molecular complexity index is 173. The molecule has 2 aliphatic rings. The largest absolute Gasteiger partial charge is 0.326 e. The monoisotopic (exact) mass is 182 g/mol. The van der Waals surface area contributed by atoms with Crippen molar-refractivity contribution in [1.82, 2.24) is 4.90 Å². The van der Waals surface area contributed by atoms with Crippen molar-refractivity contribution in [2.75, 3.05) is 13.1 Å². The van der Waals surface area contributed by atoms with Crippen LogP contribution in [0.5, 0.6) is 0 Å². The van der Waals surface area contributed by atoms with Crippen molar-refractivity contribution < 1.29 is 0 Å². The van der Waals surface area contributed by atoms with Crippen LogP contribution in [0.3, 0.4) is 0 Å². The fraction of sp³-hybridized carbons (Fsp3) is 1.00. The van der Waals surface area contributed by atoms with E-state index < -0.39 is 0 Å². The summed E-state index contributed by atoms with van der Waals surface area (Å²) in [7, 11) is 0. The van der Waals surface area contributed by atoms with E-state index in [1.807, 2.05) is 0 Å². The minimum Gasteiger partial charge on any atom is -0.326 e. The first-order chi connectivity index (χ1) is 6.29. The van der Waals surface area contributed by atoms with E-state index in [0.717, 1.165) is 0 Å². The van der Waals surface area contributed by atoms with Crippen molar-refractivity contribution in [1.29, 1.82) is 0 Å². The van der Waals surface area contributed by atoms with E-state index in [2.05, 4.69) is 11.8 Å². The van der Waals surface area contributed by atoms with E-state index in [0.29, 0.717) is 11.6 Å². The Morgan fingerprint density at radius 2 is 2.00 bits per heavy atom. The minimum atomic E-state index is 0.410. The Hall–Kier alpha value is -0.0800. The van der Waals surface area contributed by atoms with Gasteiger partial charge < -0.3 is 5.73 Å². The molecule has 2 fully saturated rings. The molecule has 2 nitrogen and oxygen atoms in total. The van der Waals surface area contributed by atoms with E-state index in [-0.39, 0.29) is 0 Å². The van der Waals surface area contributed by atoms with Crippen molar-refractivity contribution in [3.63, 3.8) is 0 Å². The van der Waals surface area contributed by atoms with Gasteiger partial charge in [-0.2, -0.15) is 0 Å². The van der Waals surface area contributed by atoms with Gasteiger partial charge in [-0.3, -0.25) is 4.90 Å². The molecule has 0 bridgehead atoms. The summed E-state index contributed by atoms with van der Waals surface area (Å²) in [6, 6.07) is 0.452. The standard InChI is InChI=1S/C11H22N2/c1-2-13-9-6-10(12)11(13)7-4-3-5-8-11/h10H,2-9,12H2,1H3. The fourth-order valence-corrected chi connectivity index (χ4v) is 3.34. The third-order valence-electron chi connectivity index (χ3n) is 4.13. The summed E-state index contributed by atoms with van der Waals surface area (Å²) in [4.78, 5) is 2.64. The molecule has 1 saturated carbocycles. The van der Waals surface area contributed by atoms with Gasteiger partial charge in [0.25, 0.3) is 0 Å². The predicted molar refractivity (Wildman–Crippen MR) is 55.7 cm³/mol. The van der Waals surface area contributed by atoms with Crippen LogP contribution in [0, 0.1) is 0 Å². The van der Waals surface area contributed by atoms with Crippen molar-refractivity contribution >= 4 is 0 Å². The summed E-state index contributed by atoms with van der Waals surface area (Å²) < 4.78 is 0. The Balaban J connectivity index is 2.14. The highest BCUT2D eigenvalue weighted by Crippen LogP contribution is 2.40. The third kappa shape index (κ3) is 1.40. The second-order valence-electron chi connectivity index (χ2n) is 4.64. The minimum absolute atomic E-state index is 0.410. The summed E-state index contributed by atoms with van der Waals surface area (Å²) in [6.07, 6.45) is 8.12. The third-order valence-corrected chi connectivity index (χ3v) is 4.13. The molecule has 0 aromatic rings. The molecule has 13 heavy (non-hydrogen) atoms. The van der Waals surface area contributed by atoms with Crippen LogP contribution in [0.2, 0.25) is 0 Å². The molecule has 0 aromatic heterocycles. The Morgan fingerprint density at radius 1 is 1.31 bits per heavy atom. The van der Waals surface area contributed by atoms with Crippen molar-refractivity contribution in [2.45, 2.75) is 57.0 Å². The molecule has 0 aromatic carbocycles. The van der Waals surface area contributed by atoms with Crippen LogP contribution < -0.4 is 5.73 Å². The SMILES string of the molecule is CCN1CCC(N)C12CCCCC2. The molecular formula is C11H22N2. The van der Waals surface area contributed by atoms with Crippen LogP contribution >= 0.6 is 0 Å². The van der Waals surface area contributed by atoms with E-state index in [1.54, 1.807) is 0 Å². The summed E-state index contributed by atoms with van der Waals surface area (Å²) in [5.74, 6) is 0. The summed E-state index contributed by atoms with van der Waals surface area (Å²) >= 11 is 0. The highest BCUT2D eigenvalue weighted by molar-refractivity contribution is 5.05. The molecule has 1 spiro atoms. The van der Waals surface area contributed by atoms with Gasteiger partial charge in [0.15, 0.2) is 0 Å². The van der Waals surface area contributed by atoms with E-state index in [9.17, 15) is 0 Å². The van der Waals surface area contributed by atoms with Gasteiger partial charge in [-0.25, -0.2) is 0 Å². The van der Waals surface area contributed by atoms with Gasteiger partial charge >= 0.3 is 0 Å². The Labute approximate surface area is 81.5 Å². The number of nitrogens with two attached hydrogens (primary N) is 1. The average Bonchev–Trinajstić information content (AvgIpc) is 2.46. The lowest BCUT2D eigenvalue weighted by atomic mass is 9.77. The molecule has 1 aliphatic heterocycles. The summed E-state index contributed by atoms with van der Waals surface area (Å²) in [5.41, 5.74) is 6.68. The normalized spacial score (nSPS) is 34.2. The first-order valence-corrected chi connectivity index (χ1v) is 5.80. The molecule has 2 heteroatoms. The van der Waals surface area contributed by atoms with Crippen molar-refractivity contribution in [3.05, 3.63) is 0 Å². The molecule has 2 rings (SSSR count). The lowest BCUT2D eigenvalue weighted by molar-refractivity contribution is 0.0863. The topological polar surface area (TPSA) is 29.3 Å². The fourth-order valence-electron chi connectivity index (χ4n) is 3.34. The maximum atomic E-state index is 6.27. The predicted octanol–water partition coefficient (Wildman–Crippen LogP) is 1.74. The smallest absolute Gasteiger partial charge is 0.0360 e. The molecule has 0 radical (unpaired) electrons. The van der Waals surface area contributed by atoms with Crippen LogP contribution in [0.1, 0.15) is 45.4 Å². The zero-order valence-corrected chi connectivity index (χ0v) is 8.76. The van der Waals surface area contributed by atoms with Gasteiger partial charge in [-0.05, 0) is 25.8 Å². The van der Waals surface area contributed by atoms with Gasteiger partial charge in [0, 0.05) is 18.1 Å². The van der Waals surface area contributed by atoms with Gasteiger partial charge in [0.1, 0.15) is 0 Å². The molecule has 1 atom stereocenters. The maximum absolute atomic E-state index is 6.27. The maximum Gasteiger partial charge on any atom is 0.0360 e. The van der Waals surface area contributed by atoms with Crippen LogP contribution in [0.15, 0.2) is 0 Å². The van der Waals surface area contributed by atoms with Crippen LogP contribution in [-0.4, -0.2) is 29.6 Å². The Morgan fingerprint density at radius 3 is 2.62 bits per heavy atom. The van der Waals surface area contributed by atoms with Gasteiger partial charge in [-0.1, -0.05) is 26.2 Å². The van der Waals surface area contributed by atoms with Gasteiger partial charge in [0.2, 0.25) is 0 Å². The second kappa shape index (κ2) is 3.58. The van der Waals surface area contributed by atoms with E-state index in [1.165, 1.54) is 51.6 Å². The molecular weight excluding hydrogens is 160 g/mol. The molecule has 1 saturated heterocycles. The number of hydrogen-bond acceptors (Lipinski definition) is 2. The van der Waals surface area contributed by atoms with Crippen molar-refractivity contribution in [3.8, 4) is 0 Å². The van der Waals surface area contributed by atoms with Crippen LogP contribution in [0.4, 0.5) is 0 Å². The van der Waals surface area contributed by atoms with Gasteiger partial charge in [-0.15, -0.1) is 0 Å². The molecule has 0 amide bonds. The summed E-state index contributed by atoms with van der Waals surface area (Å²) in [5, 5.41) is 0. The number of hydrogen-bond donors (Lipinski definition) is 1. The molecule has 1 unspecified atom stereocenters. The average molecular weight is 182 g/mol. The lowest BCUT2D eigenvalue weighted by Gasteiger charge is -2.44. The molecule has 1 aliphatic carbocycles. The van der Waals surface area contributed by atoms with E-state index in [4.69, 9.17) is 5.73 Å². The first kappa shape index (κ1) is 9.47. The number of rotatable bonds is 1. The second-order valence-corrected chi connectivity index (χ2v) is 4.64. The first-order valence-electron chi connectivity index (χ1n) is 5.80. The number of nitrogens with zero attached hydrogens (tertiary/aromatic N) is 1. The quantitative estimate of drug-likeness (QED) is 0.669. The van der Waals surface area contributed by atoms with Crippen LogP contribution in [-0.2, 0) is 0 Å². The van der Waals surface area contributed by atoms with E-state index >= 15 is 0 Å². The number of likely N-dealkylation sites (N-methyl/N-ethyl adjacent to an activating group) is 1. The molecule has 2 N–H and O–H groups in total. The molecule has 1 heterocycles. The highest BCUT2D eigenvalue weighted by atomic mass is 15.2. The summed E-state index contributed by atoms with van der Waals surface area (Å²) in [6.45, 7) is 4.69. The van der Waals surface area contributed by atoms with Crippen molar-refractivity contribution in [2.24, 2.45) is 5.73 Å². The lowest BCUT2D eigenvalue weighted by Crippen LogP contribution is -2.54. The number of likely N-dealkylation sites (tertiary alicyclic amines) is 1. The van der Waals surface area contributed by atoms with Crippen LogP contribution in [0.25, 0.3) is 0 Å². The Kier molecular flexibility index (Phi) is 2.61. The zero-order valence-electron chi connectivity index (χ0n) is 8.76. The van der Waals surface area contributed by atoms with Gasteiger partial charge in [0.05, 0.1) is 0 Å². The highest BCUT2D eigenvalue weighted by Gasteiger charge is 2.46. The molecule has 76 valence electrons. The zero-order chi connectivity index (χ0) is 9.31.